The molecule has 20 heavy (non-hydrogen) atoms. The average molecular weight is 279 g/mol. The first-order valence-electron chi connectivity index (χ1n) is 5.56. The van der Waals surface area contributed by atoms with E-state index in [4.69, 9.17) is 11.5 Å². The Morgan fingerprint density at radius 3 is 2.55 bits per heavy atom. The predicted molar refractivity (Wildman–Crippen MR) is 71.5 cm³/mol. The highest BCUT2D eigenvalue weighted by molar-refractivity contribution is 5.91. The van der Waals surface area contributed by atoms with Crippen LogP contribution in [0.4, 0.5) is 0 Å². The molecule has 0 saturated carbocycles. The van der Waals surface area contributed by atoms with E-state index in [9.17, 15) is 14.4 Å². The number of aromatic nitrogens is 4. The molecule has 10 heteroatoms. The first kappa shape index (κ1) is 13.5. The van der Waals surface area contributed by atoms with Crippen LogP contribution in [0.5, 0.6) is 0 Å². The van der Waals surface area contributed by atoms with Crippen LogP contribution in [-0.2, 0) is 14.1 Å². The summed E-state index contributed by atoms with van der Waals surface area (Å²) in [6.07, 6.45) is 1.16. The van der Waals surface area contributed by atoms with Gasteiger partial charge < -0.3 is 11.5 Å². The van der Waals surface area contributed by atoms with Gasteiger partial charge in [-0.1, -0.05) is 0 Å². The summed E-state index contributed by atoms with van der Waals surface area (Å²) < 4.78 is 3.11. The number of imidazole rings is 1. The van der Waals surface area contributed by atoms with E-state index in [2.05, 4.69) is 9.98 Å². The standard InChI is InChI=1S/C10H13N7O3/c1-15-7-6(8(19)16(2)10(15)20)17(4-14-7)5(18)3-13-9(11)12/h4H,3H2,1-2H3,(H4,11,12,13). The van der Waals surface area contributed by atoms with Gasteiger partial charge in [0.1, 0.15) is 12.9 Å². The molecule has 0 aliphatic carbocycles. The molecular formula is C10H13N7O3. The molecule has 4 N–H and O–H groups in total. The highest BCUT2D eigenvalue weighted by Gasteiger charge is 2.17. The van der Waals surface area contributed by atoms with Crippen LogP contribution in [0.3, 0.4) is 0 Å². The van der Waals surface area contributed by atoms with Gasteiger partial charge in [-0.3, -0.25) is 23.3 Å². The maximum atomic E-state index is 12.1. The van der Waals surface area contributed by atoms with Gasteiger partial charge in [0.15, 0.2) is 17.1 Å². The predicted octanol–water partition coefficient (Wildman–Crippen LogP) is -2.65. The number of carbonyl (C=O) groups excluding carboxylic acids is 1. The zero-order chi connectivity index (χ0) is 15.0. The van der Waals surface area contributed by atoms with Gasteiger partial charge in [-0.05, 0) is 0 Å². The minimum atomic E-state index is -0.612. The third-order valence-electron chi connectivity index (χ3n) is 2.81. The van der Waals surface area contributed by atoms with Gasteiger partial charge in [0.05, 0.1) is 0 Å². The van der Waals surface area contributed by atoms with Gasteiger partial charge in [-0.2, -0.15) is 0 Å². The Bertz CT molecular complexity index is 835. The van der Waals surface area contributed by atoms with E-state index in [0.29, 0.717) is 0 Å². The van der Waals surface area contributed by atoms with Gasteiger partial charge in [0, 0.05) is 14.1 Å². The van der Waals surface area contributed by atoms with Crippen LogP contribution in [0.2, 0.25) is 0 Å². The number of hydrogen-bond acceptors (Lipinski definition) is 5. The maximum absolute atomic E-state index is 12.1. The third-order valence-corrected chi connectivity index (χ3v) is 2.81. The lowest BCUT2D eigenvalue weighted by atomic mass is 10.4. The first-order valence-corrected chi connectivity index (χ1v) is 5.56. The van der Waals surface area contributed by atoms with Crippen LogP contribution in [0, 0.1) is 0 Å². The van der Waals surface area contributed by atoms with Gasteiger partial charge in [0.2, 0.25) is 0 Å². The number of rotatable bonds is 2. The number of aryl methyl sites for hydroxylation is 1. The normalized spacial score (nSPS) is 10.7. The average Bonchev–Trinajstić information content (AvgIpc) is 2.85. The van der Waals surface area contributed by atoms with Crippen LogP contribution < -0.4 is 22.7 Å². The monoisotopic (exact) mass is 279 g/mol. The van der Waals surface area contributed by atoms with Gasteiger partial charge in [-0.25, -0.2) is 14.8 Å². The van der Waals surface area contributed by atoms with Gasteiger partial charge in [-0.15, -0.1) is 0 Å². The largest absolute Gasteiger partial charge is 0.370 e. The topological polar surface area (TPSA) is 143 Å². The second kappa shape index (κ2) is 4.64. The number of fused-ring (bicyclic) bond motifs is 1. The quantitative estimate of drug-likeness (QED) is 0.454. The van der Waals surface area contributed by atoms with Crippen molar-refractivity contribution in [1.82, 2.24) is 18.7 Å². The lowest BCUT2D eigenvalue weighted by molar-refractivity contribution is 0.0928. The van der Waals surface area contributed by atoms with Crippen molar-refractivity contribution in [3.63, 3.8) is 0 Å². The molecule has 106 valence electrons. The maximum Gasteiger partial charge on any atom is 0.332 e. The van der Waals surface area contributed by atoms with E-state index in [-0.39, 0.29) is 23.7 Å². The minimum Gasteiger partial charge on any atom is -0.370 e. The molecule has 0 saturated heterocycles. The molecule has 0 fully saturated rings. The second-order valence-corrected chi connectivity index (χ2v) is 4.13. The van der Waals surface area contributed by atoms with E-state index in [1.54, 1.807) is 0 Å². The lowest BCUT2D eigenvalue weighted by Gasteiger charge is -2.04. The Kier molecular flexibility index (Phi) is 3.14. The Hall–Kier alpha value is -2.91. The van der Waals surface area contributed by atoms with Crippen LogP contribution in [0.1, 0.15) is 4.79 Å². The minimum absolute atomic E-state index is 0.00499. The molecule has 0 aliphatic rings. The summed E-state index contributed by atoms with van der Waals surface area (Å²) in [7, 11) is 2.78. The molecule has 2 aromatic heterocycles. The SMILES string of the molecule is Cn1c(=O)c2c(ncn2C(=O)CN=C(N)N)n(C)c1=O. The molecule has 2 aromatic rings. The fourth-order valence-electron chi connectivity index (χ4n) is 1.77. The molecular weight excluding hydrogens is 266 g/mol. The van der Waals surface area contributed by atoms with E-state index in [1.165, 1.54) is 18.7 Å². The summed E-state index contributed by atoms with van der Waals surface area (Å²) in [5.41, 5.74) is 9.28. The molecule has 0 spiro atoms. The van der Waals surface area contributed by atoms with Gasteiger partial charge in [0.25, 0.3) is 11.5 Å². The molecule has 2 rings (SSSR count). The van der Waals surface area contributed by atoms with E-state index < -0.39 is 17.2 Å². The van der Waals surface area contributed by atoms with Crippen molar-refractivity contribution >= 4 is 23.0 Å². The molecule has 2 heterocycles. The van der Waals surface area contributed by atoms with E-state index in [1.807, 2.05) is 0 Å². The first-order chi connectivity index (χ1) is 9.34. The fourth-order valence-corrected chi connectivity index (χ4v) is 1.77. The fraction of sp³-hybridized carbons (Fsp3) is 0.300. The summed E-state index contributed by atoms with van der Waals surface area (Å²) in [6.45, 7) is -0.320. The number of hydrogen-bond donors (Lipinski definition) is 2. The van der Waals surface area contributed by atoms with Crippen LogP contribution in [-0.4, -0.2) is 37.1 Å². The van der Waals surface area contributed by atoms with Crippen molar-refractivity contribution in [3.05, 3.63) is 27.2 Å². The zero-order valence-corrected chi connectivity index (χ0v) is 10.9. The smallest absolute Gasteiger partial charge is 0.332 e. The third kappa shape index (κ3) is 1.96. The molecule has 0 atom stereocenters. The second-order valence-electron chi connectivity index (χ2n) is 4.13. The summed E-state index contributed by atoms with van der Waals surface area (Å²) in [6, 6.07) is 0. The molecule has 0 aromatic carbocycles. The number of guanidine groups is 1. The summed E-state index contributed by atoms with van der Waals surface area (Å²) in [5.74, 6) is -0.764. The number of carbonyl (C=O) groups is 1. The van der Waals surface area contributed by atoms with Crippen molar-refractivity contribution in [2.24, 2.45) is 30.6 Å². The van der Waals surface area contributed by atoms with Crippen LogP contribution in [0.25, 0.3) is 11.2 Å². The lowest BCUT2D eigenvalue weighted by Crippen LogP contribution is -2.38. The summed E-state index contributed by atoms with van der Waals surface area (Å²) in [5, 5.41) is 0. The van der Waals surface area contributed by atoms with Gasteiger partial charge >= 0.3 is 5.69 Å². The zero-order valence-electron chi connectivity index (χ0n) is 10.9. The van der Waals surface area contributed by atoms with Crippen molar-refractivity contribution in [1.29, 1.82) is 0 Å². The van der Waals surface area contributed by atoms with Crippen molar-refractivity contribution in [2.75, 3.05) is 6.54 Å². The summed E-state index contributed by atoms with van der Waals surface area (Å²) in [4.78, 5) is 43.3. The molecule has 0 unspecified atom stereocenters. The van der Waals surface area contributed by atoms with Crippen molar-refractivity contribution in [2.45, 2.75) is 0 Å². The highest BCUT2D eigenvalue weighted by Crippen LogP contribution is 2.05. The number of nitrogens with two attached hydrogens (primary N) is 2. The highest BCUT2D eigenvalue weighted by atomic mass is 16.2. The Morgan fingerprint density at radius 2 is 1.95 bits per heavy atom. The molecule has 0 amide bonds. The van der Waals surface area contributed by atoms with E-state index in [0.717, 1.165) is 15.5 Å². The number of aliphatic imine (C=N–C) groups is 1. The summed E-state index contributed by atoms with van der Waals surface area (Å²) >= 11 is 0. The van der Waals surface area contributed by atoms with Crippen molar-refractivity contribution < 1.29 is 4.79 Å². The Morgan fingerprint density at radius 1 is 1.30 bits per heavy atom. The molecule has 10 nitrogen and oxygen atoms in total. The van der Waals surface area contributed by atoms with Crippen molar-refractivity contribution in [3.8, 4) is 0 Å². The van der Waals surface area contributed by atoms with Crippen LogP contribution >= 0.6 is 0 Å². The Balaban J connectivity index is 2.69. The molecule has 0 bridgehead atoms. The van der Waals surface area contributed by atoms with E-state index >= 15 is 0 Å². The Labute approximate surface area is 111 Å². The molecule has 0 aliphatic heterocycles. The molecule has 0 radical (unpaired) electrons. The van der Waals surface area contributed by atoms with Crippen LogP contribution in [0.15, 0.2) is 20.9 Å². The number of nitrogens with zero attached hydrogens (tertiary/aromatic N) is 5.